The van der Waals surface area contributed by atoms with Crippen LogP contribution in [-0.2, 0) is 11.2 Å². The predicted molar refractivity (Wildman–Crippen MR) is 136 cm³/mol. The Morgan fingerprint density at radius 2 is 1.55 bits per heavy atom. The van der Waals surface area contributed by atoms with Crippen molar-refractivity contribution in [2.45, 2.75) is 38.1 Å². The van der Waals surface area contributed by atoms with Gasteiger partial charge in [-0.25, -0.2) is 0 Å². The number of hydrogen-bond donors (Lipinski definition) is 2. The molecule has 2 saturated heterocycles. The Balaban J connectivity index is 1.15. The van der Waals surface area contributed by atoms with E-state index in [1.807, 2.05) is 4.90 Å². The number of rotatable bonds is 6. The van der Waals surface area contributed by atoms with Crippen molar-refractivity contribution in [3.8, 4) is 0 Å². The van der Waals surface area contributed by atoms with Gasteiger partial charge in [-0.2, -0.15) is 0 Å². The topological polar surface area (TPSA) is 60.0 Å². The summed E-state index contributed by atoms with van der Waals surface area (Å²) in [5.41, 5.74) is 2.69. The molecule has 2 N–H and O–H groups in total. The van der Waals surface area contributed by atoms with Crippen molar-refractivity contribution in [1.29, 1.82) is 0 Å². The summed E-state index contributed by atoms with van der Waals surface area (Å²) in [6.07, 6.45) is 5.37. The first-order valence-electron chi connectivity index (χ1n) is 12.3. The Morgan fingerprint density at radius 1 is 0.909 bits per heavy atom. The van der Waals surface area contributed by atoms with Crippen LogP contribution in [0.5, 0.6) is 0 Å². The van der Waals surface area contributed by atoms with Crippen LogP contribution in [0.15, 0.2) is 65.7 Å². The van der Waals surface area contributed by atoms with Gasteiger partial charge < -0.3 is 20.4 Å². The fourth-order valence-electron chi connectivity index (χ4n) is 4.91. The van der Waals surface area contributed by atoms with Crippen LogP contribution < -0.4 is 15.5 Å². The maximum Gasteiger partial charge on any atom is 0.241 e. The average molecular weight is 448 g/mol. The maximum absolute atomic E-state index is 12.7. The van der Waals surface area contributed by atoms with E-state index in [9.17, 15) is 4.79 Å². The molecule has 2 aromatic carbocycles. The first kappa shape index (κ1) is 23.1. The Bertz CT molecular complexity index is 885. The zero-order valence-electron chi connectivity index (χ0n) is 19.7. The van der Waals surface area contributed by atoms with Gasteiger partial charge in [-0.1, -0.05) is 48.5 Å². The number of hydrogen-bond acceptors (Lipinski definition) is 3. The molecule has 4 rings (SSSR count). The van der Waals surface area contributed by atoms with Gasteiger partial charge in [0, 0.05) is 45.0 Å². The molecule has 0 unspecified atom stereocenters. The largest absolute Gasteiger partial charge is 0.371 e. The van der Waals surface area contributed by atoms with Crippen molar-refractivity contribution in [2.75, 3.05) is 44.7 Å². The fourth-order valence-corrected chi connectivity index (χ4v) is 4.91. The molecule has 2 aliphatic rings. The molecule has 0 spiro atoms. The minimum atomic E-state index is 0.162. The molecule has 6 nitrogen and oxygen atoms in total. The van der Waals surface area contributed by atoms with Crippen LogP contribution in [0.1, 0.15) is 31.2 Å². The maximum atomic E-state index is 12.7. The summed E-state index contributed by atoms with van der Waals surface area (Å²) in [6, 6.07) is 21.6. The summed E-state index contributed by atoms with van der Waals surface area (Å²) in [6.45, 7) is 4.04. The third-order valence-electron chi connectivity index (χ3n) is 6.92. The molecule has 33 heavy (non-hydrogen) atoms. The molecule has 1 amide bonds. The molecule has 0 atom stereocenters. The first-order chi connectivity index (χ1) is 16.2. The highest BCUT2D eigenvalue weighted by atomic mass is 16.2. The van der Waals surface area contributed by atoms with E-state index in [1.54, 1.807) is 7.05 Å². The molecule has 2 fully saturated rings. The minimum Gasteiger partial charge on any atom is -0.371 e. The van der Waals surface area contributed by atoms with Gasteiger partial charge in [0.15, 0.2) is 5.96 Å². The third-order valence-corrected chi connectivity index (χ3v) is 6.92. The highest BCUT2D eigenvalue weighted by Gasteiger charge is 2.24. The average Bonchev–Trinajstić information content (AvgIpc) is 2.88. The molecule has 6 heteroatoms. The predicted octanol–water partition coefficient (Wildman–Crippen LogP) is 3.30. The number of carbonyl (C=O) groups excluding carboxylic acids is 1. The van der Waals surface area contributed by atoms with Gasteiger partial charge >= 0.3 is 0 Å². The highest BCUT2D eigenvalue weighted by Crippen LogP contribution is 2.22. The van der Waals surface area contributed by atoms with E-state index in [1.165, 1.54) is 11.3 Å². The second-order valence-corrected chi connectivity index (χ2v) is 9.18. The zero-order valence-corrected chi connectivity index (χ0v) is 19.7. The molecule has 0 bridgehead atoms. The third kappa shape index (κ3) is 6.73. The van der Waals surface area contributed by atoms with Gasteiger partial charge in [0.1, 0.15) is 0 Å². The molecule has 0 aliphatic carbocycles. The van der Waals surface area contributed by atoms with Gasteiger partial charge in [0.05, 0.1) is 6.54 Å². The smallest absolute Gasteiger partial charge is 0.241 e. The number of benzene rings is 2. The lowest BCUT2D eigenvalue weighted by atomic mass is 9.90. The lowest BCUT2D eigenvalue weighted by Crippen LogP contribution is -2.51. The summed E-state index contributed by atoms with van der Waals surface area (Å²) in [7, 11) is 1.77. The van der Waals surface area contributed by atoms with Crippen LogP contribution in [0.25, 0.3) is 0 Å². The summed E-state index contributed by atoms with van der Waals surface area (Å²) in [4.78, 5) is 21.5. The van der Waals surface area contributed by atoms with Crippen LogP contribution in [0, 0.1) is 5.92 Å². The second-order valence-electron chi connectivity index (χ2n) is 9.18. The van der Waals surface area contributed by atoms with E-state index < -0.39 is 0 Å². The van der Waals surface area contributed by atoms with E-state index in [4.69, 9.17) is 0 Å². The van der Waals surface area contributed by atoms with Crippen molar-refractivity contribution in [2.24, 2.45) is 10.9 Å². The Hall–Kier alpha value is -3.02. The van der Waals surface area contributed by atoms with Crippen LogP contribution in [0.2, 0.25) is 0 Å². The lowest BCUT2D eigenvalue weighted by Gasteiger charge is -2.35. The molecule has 2 heterocycles. The number of nitrogens with one attached hydrogen (secondary N) is 2. The number of likely N-dealkylation sites (tertiary alicyclic amines) is 1. The number of nitrogens with zero attached hydrogens (tertiary/aromatic N) is 3. The van der Waals surface area contributed by atoms with E-state index in [-0.39, 0.29) is 5.91 Å². The number of piperidine rings is 2. The van der Waals surface area contributed by atoms with Crippen molar-refractivity contribution >= 4 is 17.6 Å². The van der Waals surface area contributed by atoms with Crippen molar-refractivity contribution in [1.82, 2.24) is 15.5 Å². The summed E-state index contributed by atoms with van der Waals surface area (Å²) in [5, 5.41) is 6.75. The van der Waals surface area contributed by atoms with Gasteiger partial charge in [-0.15, -0.1) is 0 Å². The van der Waals surface area contributed by atoms with Crippen LogP contribution in [0.3, 0.4) is 0 Å². The molecular formula is C27H37N5O. The second kappa shape index (κ2) is 11.7. The van der Waals surface area contributed by atoms with Crippen LogP contribution in [0.4, 0.5) is 5.69 Å². The number of carbonyl (C=O) groups is 1. The highest BCUT2D eigenvalue weighted by molar-refractivity contribution is 5.86. The van der Waals surface area contributed by atoms with Crippen molar-refractivity contribution < 1.29 is 4.79 Å². The van der Waals surface area contributed by atoms with Crippen LogP contribution >= 0.6 is 0 Å². The summed E-state index contributed by atoms with van der Waals surface area (Å²) >= 11 is 0. The monoisotopic (exact) mass is 447 g/mol. The molecule has 176 valence electrons. The standard InChI is InChI=1S/C27H37N5O/c1-28-27(30-24-14-18-31(19-15-24)25-10-6-3-7-11-25)29-21-26(33)32-16-12-23(13-17-32)20-22-8-4-2-5-9-22/h2-11,23-24H,12-21H2,1H3,(H2,28,29,30). The fraction of sp³-hybridized carbons (Fsp3) is 0.481. The quantitative estimate of drug-likeness (QED) is 0.527. The molecule has 0 saturated carbocycles. The van der Waals surface area contributed by atoms with Crippen molar-refractivity contribution in [3.05, 3.63) is 66.2 Å². The Labute approximate surface area is 198 Å². The Morgan fingerprint density at radius 3 is 2.18 bits per heavy atom. The normalized spacial score (nSPS) is 18.3. The SMILES string of the molecule is CN=C(NCC(=O)N1CCC(Cc2ccccc2)CC1)NC1CCN(c2ccccc2)CC1. The summed E-state index contributed by atoms with van der Waals surface area (Å²) < 4.78 is 0. The Kier molecular flexibility index (Phi) is 8.23. The van der Waals surface area contributed by atoms with E-state index in [2.05, 4.69) is 81.2 Å². The zero-order chi connectivity index (χ0) is 22.9. The lowest BCUT2D eigenvalue weighted by molar-refractivity contribution is -0.131. The molecule has 2 aliphatic heterocycles. The van der Waals surface area contributed by atoms with Gasteiger partial charge in [-0.3, -0.25) is 9.79 Å². The first-order valence-corrected chi connectivity index (χ1v) is 12.3. The number of anilines is 1. The van der Waals surface area contributed by atoms with Crippen LogP contribution in [-0.4, -0.2) is 62.6 Å². The molecular weight excluding hydrogens is 410 g/mol. The van der Waals surface area contributed by atoms with Gasteiger partial charge in [0.25, 0.3) is 0 Å². The molecule has 0 aromatic heterocycles. The molecule has 2 aromatic rings. The summed E-state index contributed by atoms with van der Waals surface area (Å²) in [5.74, 6) is 1.55. The van der Waals surface area contributed by atoms with Gasteiger partial charge in [-0.05, 0) is 55.7 Å². The number of para-hydroxylation sites is 1. The number of aliphatic imine (C=N–C) groups is 1. The van der Waals surface area contributed by atoms with Crippen molar-refractivity contribution in [3.63, 3.8) is 0 Å². The minimum absolute atomic E-state index is 0.162. The number of amides is 1. The van der Waals surface area contributed by atoms with E-state index >= 15 is 0 Å². The number of guanidine groups is 1. The van der Waals surface area contributed by atoms with Gasteiger partial charge in [0.2, 0.25) is 5.91 Å². The van der Waals surface area contributed by atoms with E-state index in [0.717, 1.165) is 64.2 Å². The van der Waals surface area contributed by atoms with E-state index in [0.29, 0.717) is 18.5 Å². The molecule has 0 radical (unpaired) electrons.